The van der Waals surface area contributed by atoms with Gasteiger partial charge in [-0.05, 0) is 19.9 Å². The molecule has 0 amide bonds. The highest BCUT2D eigenvalue weighted by molar-refractivity contribution is 7.15. The maximum atomic E-state index is 14.7. The number of fused-ring (bicyclic) bond motifs is 1. The van der Waals surface area contributed by atoms with Gasteiger partial charge in [-0.15, -0.1) is 11.3 Å². The van der Waals surface area contributed by atoms with Gasteiger partial charge in [-0.2, -0.15) is 10.2 Å². The molecular weight excluding hydrogens is 411 g/mol. The average Bonchev–Trinajstić information content (AvgIpc) is 3.42. The summed E-state index contributed by atoms with van der Waals surface area (Å²) < 4.78 is 22.7. The number of carbonyl (C=O) groups excluding carboxylic acids is 1. The van der Waals surface area contributed by atoms with Gasteiger partial charge >= 0.3 is 5.97 Å². The van der Waals surface area contributed by atoms with Crippen molar-refractivity contribution in [2.75, 3.05) is 7.11 Å². The second-order valence-electron chi connectivity index (χ2n) is 6.56. The maximum absolute atomic E-state index is 14.7. The molecule has 0 saturated carbocycles. The predicted molar refractivity (Wildman–Crippen MR) is 108 cm³/mol. The van der Waals surface area contributed by atoms with Crippen molar-refractivity contribution in [1.82, 2.24) is 29.5 Å². The van der Waals surface area contributed by atoms with Gasteiger partial charge in [-0.3, -0.25) is 9.36 Å². The van der Waals surface area contributed by atoms with Gasteiger partial charge in [0.2, 0.25) is 0 Å². The number of aliphatic hydroxyl groups is 1. The normalized spacial score (nSPS) is 11.4. The molecule has 0 aliphatic rings. The molecule has 4 rings (SSSR count). The van der Waals surface area contributed by atoms with Gasteiger partial charge < -0.3 is 9.84 Å². The van der Waals surface area contributed by atoms with Gasteiger partial charge in [0.1, 0.15) is 22.1 Å². The Labute approximate surface area is 174 Å². The van der Waals surface area contributed by atoms with Crippen molar-refractivity contribution in [3.63, 3.8) is 0 Å². The molecule has 11 heteroatoms. The van der Waals surface area contributed by atoms with Crippen LogP contribution in [0.5, 0.6) is 0 Å². The van der Waals surface area contributed by atoms with E-state index in [2.05, 4.69) is 20.2 Å². The fourth-order valence-corrected chi connectivity index (χ4v) is 4.24. The molecule has 4 aromatic heterocycles. The van der Waals surface area contributed by atoms with Crippen molar-refractivity contribution in [1.29, 1.82) is 0 Å². The van der Waals surface area contributed by atoms with E-state index in [0.717, 1.165) is 11.3 Å². The second-order valence-corrected chi connectivity index (χ2v) is 7.64. The molecule has 0 saturated heterocycles. The molecule has 0 aliphatic carbocycles. The number of nitrogens with zero attached hydrogens (tertiary/aromatic N) is 6. The number of aliphatic hydroxyl groups excluding tert-OH is 1. The molecule has 9 nitrogen and oxygen atoms in total. The van der Waals surface area contributed by atoms with E-state index in [0.29, 0.717) is 38.7 Å². The predicted octanol–water partition coefficient (Wildman–Crippen LogP) is 2.70. The van der Waals surface area contributed by atoms with E-state index in [4.69, 9.17) is 4.74 Å². The summed E-state index contributed by atoms with van der Waals surface area (Å²) in [5.74, 6) is -1.06. The first-order valence-electron chi connectivity index (χ1n) is 9.14. The van der Waals surface area contributed by atoms with E-state index in [1.165, 1.54) is 11.8 Å². The van der Waals surface area contributed by atoms with Crippen LogP contribution in [0.1, 0.15) is 28.0 Å². The van der Waals surface area contributed by atoms with Crippen LogP contribution in [-0.4, -0.2) is 47.7 Å². The summed E-state index contributed by atoms with van der Waals surface area (Å²) in [5.41, 5.74) is 2.00. The Bertz CT molecular complexity index is 1280. The number of aromatic nitrogens is 6. The number of carbonyl (C=O) groups is 1. The van der Waals surface area contributed by atoms with Crippen molar-refractivity contribution in [2.45, 2.75) is 27.0 Å². The number of pyridine rings is 1. The Balaban J connectivity index is 1.98. The van der Waals surface area contributed by atoms with E-state index < -0.39 is 11.8 Å². The minimum atomic E-state index is -0.605. The van der Waals surface area contributed by atoms with Gasteiger partial charge in [0.15, 0.2) is 11.5 Å². The lowest BCUT2D eigenvalue weighted by molar-refractivity contribution is 0.0594. The average molecular weight is 430 g/mol. The number of methoxy groups -OCH3 is 1. The first-order chi connectivity index (χ1) is 14.4. The molecule has 0 atom stereocenters. The zero-order valence-corrected chi connectivity index (χ0v) is 17.6. The summed E-state index contributed by atoms with van der Waals surface area (Å²) in [6, 6.07) is 1.58. The fraction of sp³-hybridized carbons (Fsp3) is 0.316. The number of ether oxygens (including phenoxy) is 1. The van der Waals surface area contributed by atoms with E-state index in [1.54, 1.807) is 30.9 Å². The van der Waals surface area contributed by atoms with Crippen LogP contribution in [0, 0.1) is 12.7 Å². The zero-order valence-electron chi connectivity index (χ0n) is 16.8. The summed E-state index contributed by atoms with van der Waals surface area (Å²) in [6.07, 6.45) is 1.61. The molecular formula is C19H19FN6O3S. The topological polar surface area (TPSA) is 108 Å². The molecule has 156 valence electrons. The van der Waals surface area contributed by atoms with Crippen LogP contribution in [0.3, 0.4) is 0 Å². The van der Waals surface area contributed by atoms with E-state index in [-0.39, 0.29) is 23.7 Å². The summed E-state index contributed by atoms with van der Waals surface area (Å²) in [4.78, 5) is 21.7. The van der Waals surface area contributed by atoms with Crippen LogP contribution in [-0.2, 0) is 24.9 Å². The molecule has 0 aliphatic heterocycles. The zero-order chi connectivity index (χ0) is 21.6. The lowest BCUT2D eigenvalue weighted by Crippen LogP contribution is -2.06. The molecule has 1 N–H and O–H groups in total. The lowest BCUT2D eigenvalue weighted by Gasteiger charge is -2.06. The number of hydrogen-bond acceptors (Lipinski definition) is 8. The van der Waals surface area contributed by atoms with Crippen LogP contribution in [0.25, 0.3) is 33.0 Å². The Morgan fingerprint density at radius 3 is 2.77 bits per heavy atom. The largest absolute Gasteiger partial charge is 0.464 e. The quantitative estimate of drug-likeness (QED) is 0.485. The number of rotatable bonds is 5. The molecule has 0 radical (unpaired) electrons. The van der Waals surface area contributed by atoms with Gasteiger partial charge in [-0.1, -0.05) is 0 Å². The van der Waals surface area contributed by atoms with Crippen molar-refractivity contribution in [3.8, 4) is 22.1 Å². The van der Waals surface area contributed by atoms with Crippen LogP contribution < -0.4 is 0 Å². The van der Waals surface area contributed by atoms with Gasteiger partial charge in [0.05, 0.1) is 36.0 Å². The second kappa shape index (κ2) is 7.58. The van der Waals surface area contributed by atoms with Gasteiger partial charge in [0, 0.05) is 19.0 Å². The maximum Gasteiger partial charge on any atom is 0.356 e. The van der Waals surface area contributed by atoms with E-state index in [1.807, 2.05) is 6.92 Å². The molecule has 0 spiro atoms. The smallest absolute Gasteiger partial charge is 0.356 e. The van der Waals surface area contributed by atoms with Crippen LogP contribution >= 0.6 is 11.3 Å². The Morgan fingerprint density at radius 1 is 1.33 bits per heavy atom. The highest BCUT2D eigenvalue weighted by Gasteiger charge is 2.25. The SMILES string of the molecule is CCn1nc(C)c(F)c1-c1nc(-c2nc(C(=O)OC)cc3c2cnn3C)c(CO)s1. The Kier molecular flexibility index (Phi) is 5.08. The fourth-order valence-electron chi connectivity index (χ4n) is 3.27. The molecule has 4 heterocycles. The number of aryl methyl sites for hydroxylation is 3. The van der Waals surface area contributed by atoms with Crippen molar-refractivity contribution >= 4 is 28.2 Å². The number of thiazole rings is 1. The number of halogens is 1. The Hall–Kier alpha value is -3.18. The van der Waals surface area contributed by atoms with Crippen molar-refractivity contribution in [2.24, 2.45) is 7.05 Å². The third-order valence-corrected chi connectivity index (χ3v) is 5.81. The van der Waals surface area contributed by atoms with Gasteiger partial charge in [0.25, 0.3) is 0 Å². The summed E-state index contributed by atoms with van der Waals surface area (Å²) in [6.45, 7) is 3.59. The summed E-state index contributed by atoms with van der Waals surface area (Å²) in [7, 11) is 3.01. The highest BCUT2D eigenvalue weighted by Crippen LogP contribution is 2.37. The van der Waals surface area contributed by atoms with Crippen LogP contribution in [0.15, 0.2) is 12.3 Å². The molecule has 4 aromatic rings. The van der Waals surface area contributed by atoms with Crippen LogP contribution in [0.2, 0.25) is 0 Å². The summed E-state index contributed by atoms with van der Waals surface area (Å²) >= 11 is 1.15. The minimum absolute atomic E-state index is 0.0858. The first-order valence-corrected chi connectivity index (χ1v) is 9.96. The molecule has 0 fully saturated rings. The Morgan fingerprint density at radius 2 is 2.10 bits per heavy atom. The third-order valence-electron chi connectivity index (χ3n) is 4.76. The van der Waals surface area contributed by atoms with Crippen molar-refractivity contribution < 1.29 is 19.0 Å². The van der Waals surface area contributed by atoms with Crippen LogP contribution in [0.4, 0.5) is 4.39 Å². The summed E-state index contributed by atoms with van der Waals surface area (Å²) in [5, 5.41) is 19.4. The molecule has 0 unspecified atom stereocenters. The lowest BCUT2D eigenvalue weighted by atomic mass is 10.1. The van der Waals surface area contributed by atoms with E-state index >= 15 is 0 Å². The molecule has 30 heavy (non-hydrogen) atoms. The number of hydrogen-bond donors (Lipinski definition) is 1. The van der Waals surface area contributed by atoms with Gasteiger partial charge in [-0.25, -0.2) is 19.2 Å². The number of esters is 1. The van der Waals surface area contributed by atoms with E-state index in [9.17, 15) is 14.3 Å². The third kappa shape index (κ3) is 3.06. The standard InChI is InChI=1S/C19H19FN6O3S/c1-5-26-17(14(20)9(2)24-26)18-23-16(13(8-27)30-18)15-10-7-21-25(3)12(10)6-11(22-15)19(28)29-4/h6-7,27H,5,8H2,1-4H3. The molecule has 0 bridgehead atoms. The highest BCUT2D eigenvalue weighted by atomic mass is 32.1. The monoisotopic (exact) mass is 430 g/mol. The first kappa shape index (κ1) is 20.1. The molecule has 0 aromatic carbocycles. The van der Waals surface area contributed by atoms with Crippen molar-refractivity contribution in [3.05, 3.63) is 34.3 Å². The minimum Gasteiger partial charge on any atom is -0.464 e.